The zero-order chi connectivity index (χ0) is 15.8. The van der Waals surface area contributed by atoms with E-state index in [1.165, 1.54) is 6.42 Å². The van der Waals surface area contributed by atoms with Gasteiger partial charge in [0.2, 0.25) is 5.95 Å². The van der Waals surface area contributed by atoms with Gasteiger partial charge in [0, 0.05) is 31.8 Å². The normalized spacial score (nSPS) is 10.5. The molecule has 0 saturated carbocycles. The fraction of sp³-hybridized carbons (Fsp3) is 0.444. The van der Waals surface area contributed by atoms with E-state index in [9.17, 15) is 0 Å². The molecule has 4 nitrogen and oxygen atoms in total. The first-order valence-electron chi connectivity index (χ1n) is 8.14. The molecule has 2 rings (SSSR count). The van der Waals surface area contributed by atoms with E-state index in [4.69, 9.17) is 4.98 Å². The number of benzene rings is 1. The molecule has 0 aliphatic carbocycles. The average molecular weight is 298 g/mol. The maximum Gasteiger partial charge on any atom is 0.227 e. The minimum Gasteiger partial charge on any atom is -0.370 e. The third-order valence-corrected chi connectivity index (χ3v) is 3.53. The lowest BCUT2D eigenvalue weighted by Gasteiger charge is -2.18. The zero-order valence-corrected chi connectivity index (χ0v) is 13.8. The van der Waals surface area contributed by atoms with Gasteiger partial charge in [-0.2, -0.15) is 4.98 Å². The van der Waals surface area contributed by atoms with Crippen LogP contribution in [-0.4, -0.2) is 30.1 Å². The fourth-order valence-electron chi connectivity index (χ4n) is 2.20. The topological polar surface area (TPSA) is 41.1 Å². The minimum atomic E-state index is 0.786. The Hall–Kier alpha value is -2.10. The van der Waals surface area contributed by atoms with Crippen molar-refractivity contribution in [2.45, 2.75) is 33.1 Å². The second-order valence-corrected chi connectivity index (χ2v) is 5.51. The number of rotatable bonds is 8. The maximum absolute atomic E-state index is 4.74. The van der Waals surface area contributed by atoms with Crippen LogP contribution in [0.1, 0.15) is 33.1 Å². The van der Waals surface area contributed by atoms with E-state index in [1.54, 1.807) is 0 Å². The number of aromatic nitrogens is 2. The Labute approximate surface area is 133 Å². The first-order valence-corrected chi connectivity index (χ1v) is 8.14. The third-order valence-electron chi connectivity index (χ3n) is 3.53. The third kappa shape index (κ3) is 4.45. The van der Waals surface area contributed by atoms with Gasteiger partial charge in [-0.3, -0.25) is 0 Å². The van der Waals surface area contributed by atoms with Crippen LogP contribution >= 0.6 is 0 Å². The summed E-state index contributed by atoms with van der Waals surface area (Å²) in [5, 5.41) is 3.38. The van der Waals surface area contributed by atoms with Crippen molar-refractivity contribution < 1.29 is 0 Å². The van der Waals surface area contributed by atoms with Crippen LogP contribution in [0.25, 0.3) is 11.3 Å². The molecule has 1 aromatic heterocycles. The molecule has 0 spiro atoms. The number of hydrogen-bond acceptors (Lipinski definition) is 4. The molecule has 0 unspecified atom stereocenters. The molecule has 1 N–H and O–H groups in total. The Bertz CT molecular complexity index is 569. The van der Waals surface area contributed by atoms with Gasteiger partial charge < -0.3 is 10.2 Å². The van der Waals surface area contributed by atoms with Gasteiger partial charge in [-0.15, -0.1) is 0 Å². The highest BCUT2D eigenvalue weighted by Crippen LogP contribution is 2.22. The largest absolute Gasteiger partial charge is 0.370 e. The van der Waals surface area contributed by atoms with Crippen LogP contribution in [0.3, 0.4) is 0 Å². The first-order chi connectivity index (χ1) is 10.7. The summed E-state index contributed by atoms with van der Waals surface area (Å²) in [4.78, 5) is 11.5. The predicted octanol–water partition coefficient (Wildman–Crippen LogP) is 4.20. The van der Waals surface area contributed by atoms with Gasteiger partial charge in [0.05, 0.1) is 5.69 Å². The van der Waals surface area contributed by atoms with Crippen LogP contribution in [0, 0.1) is 0 Å². The van der Waals surface area contributed by atoms with Crippen molar-refractivity contribution in [2.75, 3.05) is 30.4 Å². The minimum absolute atomic E-state index is 0.786. The molecule has 0 bridgehead atoms. The Morgan fingerprint density at radius 1 is 1.05 bits per heavy atom. The SMILES string of the molecule is CCCCN(C)c1nc(NCCC)cc(-c2ccccc2)n1. The van der Waals surface area contributed by atoms with Gasteiger partial charge in [-0.05, 0) is 12.8 Å². The van der Waals surface area contributed by atoms with E-state index >= 15 is 0 Å². The lowest BCUT2D eigenvalue weighted by atomic mass is 10.1. The molecule has 2 aromatic rings. The Morgan fingerprint density at radius 2 is 1.82 bits per heavy atom. The molecular weight excluding hydrogens is 272 g/mol. The summed E-state index contributed by atoms with van der Waals surface area (Å²) >= 11 is 0. The Balaban J connectivity index is 2.32. The monoisotopic (exact) mass is 298 g/mol. The molecule has 0 aliphatic rings. The van der Waals surface area contributed by atoms with E-state index in [2.05, 4.69) is 48.2 Å². The summed E-state index contributed by atoms with van der Waals surface area (Å²) in [7, 11) is 2.06. The highest BCUT2D eigenvalue weighted by molar-refractivity contribution is 5.64. The summed E-state index contributed by atoms with van der Waals surface area (Å²) in [5.74, 6) is 1.68. The Kier molecular flexibility index (Phi) is 6.19. The Morgan fingerprint density at radius 3 is 2.50 bits per heavy atom. The molecule has 0 fully saturated rings. The van der Waals surface area contributed by atoms with Crippen molar-refractivity contribution >= 4 is 11.8 Å². The number of nitrogens with one attached hydrogen (secondary N) is 1. The molecule has 118 valence electrons. The highest BCUT2D eigenvalue weighted by Gasteiger charge is 2.10. The number of hydrogen-bond donors (Lipinski definition) is 1. The zero-order valence-electron chi connectivity index (χ0n) is 13.8. The number of unbranched alkanes of at least 4 members (excludes halogenated alkanes) is 1. The van der Waals surface area contributed by atoms with Crippen LogP contribution in [0.4, 0.5) is 11.8 Å². The van der Waals surface area contributed by atoms with E-state index < -0.39 is 0 Å². The van der Waals surface area contributed by atoms with Crippen molar-refractivity contribution in [1.29, 1.82) is 0 Å². The van der Waals surface area contributed by atoms with Gasteiger partial charge in [0.15, 0.2) is 0 Å². The standard InChI is InChI=1S/C18H26N4/c1-4-6-13-22(3)18-20-16(15-10-8-7-9-11-15)14-17(21-18)19-12-5-2/h7-11,14H,4-6,12-13H2,1-3H3,(H,19,20,21). The molecule has 1 heterocycles. The fourth-order valence-corrected chi connectivity index (χ4v) is 2.20. The van der Waals surface area contributed by atoms with Crippen molar-refractivity contribution in [3.8, 4) is 11.3 Å². The van der Waals surface area contributed by atoms with E-state index in [0.29, 0.717) is 0 Å². The second kappa shape index (κ2) is 8.37. The maximum atomic E-state index is 4.74. The predicted molar refractivity (Wildman–Crippen MR) is 94.4 cm³/mol. The molecule has 4 heteroatoms. The molecule has 0 radical (unpaired) electrons. The second-order valence-electron chi connectivity index (χ2n) is 5.51. The summed E-state index contributed by atoms with van der Waals surface area (Å²) in [6.07, 6.45) is 3.39. The van der Waals surface area contributed by atoms with Crippen LogP contribution in [-0.2, 0) is 0 Å². The molecule has 0 amide bonds. The summed E-state index contributed by atoms with van der Waals surface area (Å²) < 4.78 is 0. The van der Waals surface area contributed by atoms with Crippen LogP contribution in [0.2, 0.25) is 0 Å². The number of nitrogens with zero attached hydrogens (tertiary/aromatic N) is 3. The van der Waals surface area contributed by atoms with Crippen LogP contribution in [0.5, 0.6) is 0 Å². The van der Waals surface area contributed by atoms with Gasteiger partial charge in [-0.25, -0.2) is 4.98 Å². The molecule has 0 atom stereocenters. The average Bonchev–Trinajstić information content (AvgIpc) is 2.58. The van der Waals surface area contributed by atoms with Crippen LogP contribution in [0.15, 0.2) is 36.4 Å². The van der Waals surface area contributed by atoms with Gasteiger partial charge in [0.1, 0.15) is 5.82 Å². The van der Waals surface area contributed by atoms with Gasteiger partial charge >= 0.3 is 0 Å². The summed E-state index contributed by atoms with van der Waals surface area (Å²) in [6, 6.07) is 12.3. The summed E-state index contributed by atoms with van der Waals surface area (Å²) in [5.41, 5.74) is 2.09. The molecule has 22 heavy (non-hydrogen) atoms. The van der Waals surface area contributed by atoms with Gasteiger partial charge in [0.25, 0.3) is 0 Å². The molecular formula is C18H26N4. The molecule has 0 aliphatic heterocycles. The highest BCUT2D eigenvalue weighted by atomic mass is 15.2. The summed E-state index contributed by atoms with van der Waals surface area (Å²) in [6.45, 7) is 6.25. The number of anilines is 2. The lowest BCUT2D eigenvalue weighted by molar-refractivity contribution is 0.750. The first kappa shape index (κ1) is 16.3. The van der Waals surface area contributed by atoms with Crippen molar-refractivity contribution in [3.05, 3.63) is 36.4 Å². The van der Waals surface area contributed by atoms with E-state index in [1.807, 2.05) is 24.3 Å². The van der Waals surface area contributed by atoms with Crippen molar-refractivity contribution in [1.82, 2.24) is 9.97 Å². The smallest absolute Gasteiger partial charge is 0.227 e. The van der Waals surface area contributed by atoms with Crippen molar-refractivity contribution in [2.24, 2.45) is 0 Å². The van der Waals surface area contributed by atoms with E-state index in [0.717, 1.165) is 49.0 Å². The lowest BCUT2D eigenvalue weighted by Crippen LogP contribution is -2.21. The van der Waals surface area contributed by atoms with E-state index in [-0.39, 0.29) is 0 Å². The van der Waals surface area contributed by atoms with Crippen molar-refractivity contribution in [3.63, 3.8) is 0 Å². The van der Waals surface area contributed by atoms with Crippen LogP contribution < -0.4 is 10.2 Å². The molecule has 0 saturated heterocycles. The molecule has 1 aromatic carbocycles. The quantitative estimate of drug-likeness (QED) is 0.793. The van der Waals surface area contributed by atoms with Gasteiger partial charge in [-0.1, -0.05) is 50.6 Å².